The standard InChI is InChI=1S/C15H18ClN3/c1-3-7-13-18-14(16)11(2)15(19-13)17-10-12-8-5-4-6-9-12/h4-6,8-9H,3,7,10H2,1-2H3,(H,17,18,19). The topological polar surface area (TPSA) is 37.8 Å². The van der Waals surface area contributed by atoms with Crippen LogP contribution < -0.4 is 5.32 Å². The molecule has 0 aliphatic rings. The second-order valence-electron chi connectivity index (χ2n) is 4.49. The summed E-state index contributed by atoms with van der Waals surface area (Å²) in [6, 6.07) is 10.2. The second kappa shape index (κ2) is 6.53. The minimum absolute atomic E-state index is 0.536. The molecule has 19 heavy (non-hydrogen) atoms. The van der Waals surface area contributed by atoms with Crippen LogP contribution in [-0.2, 0) is 13.0 Å². The van der Waals surface area contributed by atoms with Gasteiger partial charge in [-0.25, -0.2) is 9.97 Å². The first-order valence-corrected chi connectivity index (χ1v) is 6.89. The molecule has 3 nitrogen and oxygen atoms in total. The molecule has 0 fully saturated rings. The van der Waals surface area contributed by atoms with E-state index < -0.39 is 0 Å². The van der Waals surface area contributed by atoms with E-state index in [0.717, 1.165) is 36.6 Å². The summed E-state index contributed by atoms with van der Waals surface area (Å²) < 4.78 is 0. The molecule has 4 heteroatoms. The van der Waals surface area contributed by atoms with E-state index in [1.54, 1.807) is 0 Å². The molecule has 1 aromatic heterocycles. The van der Waals surface area contributed by atoms with Gasteiger partial charge in [0.05, 0.1) is 0 Å². The number of hydrogen-bond acceptors (Lipinski definition) is 3. The number of hydrogen-bond donors (Lipinski definition) is 1. The summed E-state index contributed by atoms with van der Waals surface area (Å²) in [4.78, 5) is 8.82. The zero-order valence-corrected chi connectivity index (χ0v) is 12.0. The molecular formula is C15H18ClN3. The first-order valence-electron chi connectivity index (χ1n) is 6.51. The summed E-state index contributed by atoms with van der Waals surface area (Å²) in [6.45, 7) is 4.78. The van der Waals surface area contributed by atoms with Crippen LogP contribution in [0.5, 0.6) is 0 Å². The molecule has 0 spiro atoms. The lowest BCUT2D eigenvalue weighted by molar-refractivity contribution is 0.830. The Hall–Kier alpha value is -1.61. The van der Waals surface area contributed by atoms with Crippen LogP contribution in [0, 0.1) is 6.92 Å². The Kier molecular flexibility index (Phi) is 4.74. The Labute approximate surface area is 119 Å². The van der Waals surface area contributed by atoms with Crippen LogP contribution in [0.3, 0.4) is 0 Å². The fraction of sp³-hybridized carbons (Fsp3) is 0.333. The van der Waals surface area contributed by atoms with Crippen molar-refractivity contribution in [1.82, 2.24) is 9.97 Å². The van der Waals surface area contributed by atoms with E-state index in [1.807, 2.05) is 25.1 Å². The summed E-state index contributed by atoms with van der Waals surface area (Å²) in [5, 5.41) is 3.87. The Balaban J connectivity index is 2.15. The number of benzene rings is 1. The van der Waals surface area contributed by atoms with Gasteiger partial charge in [-0.05, 0) is 18.9 Å². The van der Waals surface area contributed by atoms with Gasteiger partial charge in [0.2, 0.25) is 0 Å². The normalized spacial score (nSPS) is 10.5. The molecule has 2 aromatic rings. The maximum Gasteiger partial charge on any atom is 0.137 e. The van der Waals surface area contributed by atoms with Crippen molar-refractivity contribution in [2.24, 2.45) is 0 Å². The van der Waals surface area contributed by atoms with Crippen LogP contribution in [0.4, 0.5) is 5.82 Å². The van der Waals surface area contributed by atoms with Crippen molar-refractivity contribution >= 4 is 17.4 Å². The van der Waals surface area contributed by atoms with Gasteiger partial charge >= 0.3 is 0 Å². The van der Waals surface area contributed by atoms with Crippen molar-refractivity contribution in [3.8, 4) is 0 Å². The van der Waals surface area contributed by atoms with Crippen LogP contribution in [-0.4, -0.2) is 9.97 Å². The zero-order valence-electron chi connectivity index (χ0n) is 11.3. The number of rotatable bonds is 5. The molecule has 100 valence electrons. The molecule has 0 bridgehead atoms. The number of nitrogens with one attached hydrogen (secondary N) is 1. The lowest BCUT2D eigenvalue weighted by Gasteiger charge is -2.11. The smallest absolute Gasteiger partial charge is 0.137 e. The van der Waals surface area contributed by atoms with Crippen molar-refractivity contribution in [3.05, 3.63) is 52.4 Å². The average Bonchev–Trinajstić information content (AvgIpc) is 2.42. The summed E-state index contributed by atoms with van der Waals surface area (Å²) >= 11 is 6.15. The second-order valence-corrected chi connectivity index (χ2v) is 4.85. The van der Waals surface area contributed by atoms with Gasteiger partial charge in [0.1, 0.15) is 16.8 Å². The number of aromatic nitrogens is 2. The largest absolute Gasteiger partial charge is 0.366 e. The Morgan fingerprint density at radius 1 is 1.16 bits per heavy atom. The highest BCUT2D eigenvalue weighted by Crippen LogP contribution is 2.20. The number of halogens is 1. The van der Waals surface area contributed by atoms with E-state index in [4.69, 9.17) is 11.6 Å². The fourth-order valence-corrected chi connectivity index (χ4v) is 2.01. The van der Waals surface area contributed by atoms with Gasteiger partial charge in [-0.1, -0.05) is 48.9 Å². The summed E-state index contributed by atoms with van der Waals surface area (Å²) in [6.07, 6.45) is 1.86. The molecule has 1 N–H and O–H groups in total. The SMILES string of the molecule is CCCc1nc(Cl)c(C)c(NCc2ccccc2)n1. The van der Waals surface area contributed by atoms with Crippen LogP contribution in [0.1, 0.15) is 30.3 Å². The first-order chi connectivity index (χ1) is 9.20. The van der Waals surface area contributed by atoms with Gasteiger partial charge in [-0.3, -0.25) is 0 Å². The van der Waals surface area contributed by atoms with Crippen LogP contribution >= 0.6 is 11.6 Å². The predicted octanol–water partition coefficient (Wildman–Crippen LogP) is 4.00. The summed E-state index contributed by atoms with van der Waals surface area (Å²) in [7, 11) is 0. The Morgan fingerprint density at radius 2 is 1.89 bits per heavy atom. The van der Waals surface area contributed by atoms with Gasteiger partial charge < -0.3 is 5.32 Å². The van der Waals surface area contributed by atoms with Crippen molar-refractivity contribution < 1.29 is 0 Å². The van der Waals surface area contributed by atoms with Crippen molar-refractivity contribution in [3.63, 3.8) is 0 Å². The number of nitrogens with zero attached hydrogens (tertiary/aromatic N) is 2. The molecule has 1 aromatic carbocycles. The summed E-state index contributed by atoms with van der Waals surface area (Å²) in [5.41, 5.74) is 2.12. The Bertz CT molecular complexity index is 541. The molecular weight excluding hydrogens is 258 g/mol. The molecule has 2 rings (SSSR count). The van der Waals surface area contributed by atoms with E-state index in [1.165, 1.54) is 5.56 Å². The van der Waals surface area contributed by atoms with Crippen molar-refractivity contribution in [1.29, 1.82) is 0 Å². The maximum absolute atomic E-state index is 6.15. The molecule has 0 atom stereocenters. The average molecular weight is 276 g/mol. The van der Waals surface area contributed by atoms with E-state index in [-0.39, 0.29) is 0 Å². The molecule has 0 amide bonds. The highest BCUT2D eigenvalue weighted by atomic mass is 35.5. The molecule has 0 radical (unpaired) electrons. The maximum atomic E-state index is 6.15. The third-order valence-electron chi connectivity index (χ3n) is 2.91. The lowest BCUT2D eigenvalue weighted by Crippen LogP contribution is -2.07. The lowest BCUT2D eigenvalue weighted by atomic mass is 10.2. The van der Waals surface area contributed by atoms with Crippen molar-refractivity contribution in [2.75, 3.05) is 5.32 Å². The van der Waals surface area contributed by atoms with Gasteiger partial charge in [0.15, 0.2) is 0 Å². The highest BCUT2D eigenvalue weighted by Gasteiger charge is 2.08. The molecule has 0 saturated carbocycles. The third kappa shape index (κ3) is 3.67. The van der Waals surface area contributed by atoms with Crippen molar-refractivity contribution in [2.45, 2.75) is 33.2 Å². The third-order valence-corrected chi connectivity index (χ3v) is 3.28. The van der Waals surface area contributed by atoms with Gasteiger partial charge in [0, 0.05) is 18.5 Å². The Morgan fingerprint density at radius 3 is 2.58 bits per heavy atom. The highest BCUT2D eigenvalue weighted by molar-refractivity contribution is 6.30. The van der Waals surface area contributed by atoms with E-state index in [0.29, 0.717) is 5.15 Å². The van der Waals surface area contributed by atoms with Crippen LogP contribution in [0.15, 0.2) is 30.3 Å². The summed E-state index contributed by atoms with van der Waals surface area (Å²) in [5.74, 6) is 1.63. The van der Waals surface area contributed by atoms with E-state index >= 15 is 0 Å². The van der Waals surface area contributed by atoms with Crippen LogP contribution in [0.25, 0.3) is 0 Å². The molecule has 0 aliphatic heterocycles. The fourth-order valence-electron chi connectivity index (χ4n) is 1.82. The monoisotopic (exact) mass is 275 g/mol. The zero-order chi connectivity index (χ0) is 13.7. The first kappa shape index (κ1) is 13.8. The molecule has 0 saturated heterocycles. The minimum Gasteiger partial charge on any atom is -0.366 e. The molecule has 0 unspecified atom stereocenters. The quantitative estimate of drug-likeness (QED) is 0.838. The van der Waals surface area contributed by atoms with Crippen LogP contribution in [0.2, 0.25) is 5.15 Å². The number of anilines is 1. The van der Waals surface area contributed by atoms with Gasteiger partial charge in [-0.2, -0.15) is 0 Å². The minimum atomic E-state index is 0.536. The molecule has 1 heterocycles. The van der Waals surface area contributed by atoms with Gasteiger partial charge in [0.25, 0.3) is 0 Å². The van der Waals surface area contributed by atoms with E-state index in [2.05, 4.69) is 34.3 Å². The van der Waals surface area contributed by atoms with Gasteiger partial charge in [-0.15, -0.1) is 0 Å². The molecule has 0 aliphatic carbocycles. The predicted molar refractivity (Wildman–Crippen MR) is 79.5 cm³/mol. The number of aryl methyl sites for hydroxylation is 1. The van der Waals surface area contributed by atoms with E-state index in [9.17, 15) is 0 Å².